The molecule has 3 aliphatic rings. The molecule has 0 radical (unpaired) electrons. The van der Waals surface area contributed by atoms with Crippen LogP contribution in [0.25, 0.3) is 11.4 Å². The number of carbonyl (C=O) groups is 1. The summed E-state index contributed by atoms with van der Waals surface area (Å²) in [4.78, 5) is 29.1. The number of anilines is 2. The highest BCUT2D eigenvalue weighted by Gasteiger charge is 2.38. The third-order valence-corrected chi connectivity index (χ3v) is 9.27. The smallest absolute Gasteiger partial charge is 0.275 e. The number of fused-ring (bicyclic) bond motifs is 3. The zero-order valence-electron chi connectivity index (χ0n) is 24.1. The fourth-order valence-electron chi connectivity index (χ4n) is 6.48. The number of rotatable bonds is 6. The van der Waals surface area contributed by atoms with Gasteiger partial charge in [0.15, 0.2) is 5.13 Å². The molecule has 1 saturated heterocycles. The largest absolute Gasteiger partial charge is 0.372 e. The molecule has 42 heavy (non-hydrogen) atoms. The molecule has 0 unspecified atom stereocenters. The second-order valence-electron chi connectivity index (χ2n) is 11.8. The van der Waals surface area contributed by atoms with E-state index >= 15 is 0 Å². The fraction of sp³-hybridized carbons (Fsp3) is 0.607. The number of hydrogen-bond donors (Lipinski definition) is 3. The van der Waals surface area contributed by atoms with Crippen LogP contribution in [-0.4, -0.2) is 61.2 Å². The molecule has 14 heteroatoms. The Morgan fingerprint density at radius 2 is 1.81 bits per heavy atom. The van der Waals surface area contributed by atoms with Crippen LogP contribution in [0.4, 0.5) is 11.1 Å². The number of aromatic amines is 1. The highest BCUT2D eigenvalue weighted by molar-refractivity contribution is 7.14. The van der Waals surface area contributed by atoms with Crippen molar-refractivity contribution >= 4 is 65.5 Å². The number of nitrogens with two attached hydrogens (primary N) is 1. The second-order valence-corrected chi connectivity index (χ2v) is 12.6. The molecule has 0 spiro atoms. The van der Waals surface area contributed by atoms with Gasteiger partial charge in [-0.1, -0.05) is 39.5 Å². The number of nitrogen functional groups attached to an aromatic ring is 1. The average molecular weight is 660 g/mol. The standard InChI is InChI=1S/C28H38N8O2S.3ClH/c1-28(2)13-17-14-30-26(29)32-22(17)23-21(28)24(35-34-23)25(37)33-27-31-18(16-39-27)15-38-20-9-11-36(12-10-20)19-7-5-3-4-6-8-19;;;/h14,16,19-20H,3-13,15H2,1-2H3,(H,34,35)(H2,29,30,32)(H,31,33,37);3*1H. The highest BCUT2D eigenvalue weighted by atomic mass is 35.5. The van der Waals surface area contributed by atoms with Crippen LogP contribution >= 0.6 is 48.6 Å². The van der Waals surface area contributed by atoms with Gasteiger partial charge >= 0.3 is 0 Å². The number of H-pyrrole nitrogens is 1. The third kappa shape index (κ3) is 7.36. The summed E-state index contributed by atoms with van der Waals surface area (Å²) in [5, 5.41) is 12.8. The topological polar surface area (TPSA) is 135 Å². The molecule has 10 nitrogen and oxygen atoms in total. The van der Waals surface area contributed by atoms with Crippen LogP contribution in [0.2, 0.25) is 0 Å². The van der Waals surface area contributed by atoms with Gasteiger partial charge in [-0.25, -0.2) is 15.0 Å². The van der Waals surface area contributed by atoms with E-state index in [1.54, 1.807) is 6.20 Å². The van der Waals surface area contributed by atoms with Crippen molar-refractivity contribution in [3.8, 4) is 11.4 Å². The first-order valence-corrected chi connectivity index (χ1v) is 15.1. The predicted molar refractivity (Wildman–Crippen MR) is 173 cm³/mol. The van der Waals surface area contributed by atoms with Crippen LogP contribution in [0.3, 0.4) is 0 Å². The molecule has 0 atom stereocenters. The molecular formula is C28H41Cl3N8O2S. The minimum Gasteiger partial charge on any atom is -0.372 e. The van der Waals surface area contributed by atoms with E-state index in [-0.39, 0.29) is 60.6 Å². The van der Waals surface area contributed by atoms with Crippen LogP contribution < -0.4 is 11.1 Å². The minimum absolute atomic E-state index is 0. The maximum absolute atomic E-state index is 13.3. The van der Waals surface area contributed by atoms with Crippen molar-refractivity contribution in [1.29, 1.82) is 0 Å². The molecule has 3 aromatic heterocycles. The number of aromatic nitrogens is 5. The quantitative estimate of drug-likeness (QED) is 0.276. The summed E-state index contributed by atoms with van der Waals surface area (Å²) in [7, 11) is 0. The highest BCUT2D eigenvalue weighted by Crippen LogP contribution is 2.42. The molecule has 1 amide bonds. The lowest BCUT2D eigenvalue weighted by Gasteiger charge is -2.37. The molecule has 6 rings (SSSR count). The van der Waals surface area contributed by atoms with E-state index in [4.69, 9.17) is 10.5 Å². The molecule has 232 valence electrons. The Morgan fingerprint density at radius 3 is 2.52 bits per heavy atom. The van der Waals surface area contributed by atoms with Crippen molar-refractivity contribution in [2.75, 3.05) is 24.1 Å². The lowest BCUT2D eigenvalue weighted by atomic mass is 9.73. The number of hydrogen-bond acceptors (Lipinski definition) is 9. The average Bonchev–Trinajstić information content (AvgIpc) is 3.48. The Kier molecular flexibility index (Phi) is 12.0. The second kappa shape index (κ2) is 14.6. The number of thiazole rings is 1. The molecule has 1 saturated carbocycles. The fourth-order valence-corrected chi connectivity index (χ4v) is 7.17. The Morgan fingerprint density at radius 1 is 1.10 bits per heavy atom. The van der Waals surface area contributed by atoms with E-state index in [2.05, 4.69) is 49.2 Å². The van der Waals surface area contributed by atoms with Gasteiger partial charge in [0.25, 0.3) is 5.91 Å². The Balaban J connectivity index is 0.00000161. The van der Waals surface area contributed by atoms with E-state index in [9.17, 15) is 4.79 Å². The molecule has 2 aliphatic carbocycles. The first-order valence-electron chi connectivity index (χ1n) is 14.2. The Bertz CT molecular complexity index is 1330. The number of likely N-dealkylation sites (tertiary alicyclic amines) is 1. The first kappa shape index (κ1) is 34.5. The summed E-state index contributed by atoms with van der Waals surface area (Å²) in [6.45, 7) is 6.91. The molecule has 0 aromatic carbocycles. The van der Waals surface area contributed by atoms with Crippen LogP contribution in [0.5, 0.6) is 0 Å². The van der Waals surface area contributed by atoms with Crippen molar-refractivity contribution in [2.45, 2.75) is 95.8 Å². The SMILES string of the molecule is CC1(C)Cc2cnc(N)nc2-c2n[nH]c(C(=O)Nc3nc(COC4CCN(C5CCCCCC5)CC4)cs3)c21.Cl.Cl.Cl. The zero-order valence-corrected chi connectivity index (χ0v) is 27.3. The van der Waals surface area contributed by atoms with Crippen molar-refractivity contribution in [3.63, 3.8) is 0 Å². The number of amides is 1. The number of nitrogens with zero attached hydrogens (tertiary/aromatic N) is 5. The van der Waals surface area contributed by atoms with E-state index in [1.807, 2.05) is 5.38 Å². The van der Waals surface area contributed by atoms with Gasteiger partial charge in [-0.15, -0.1) is 48.6 Å². The number of ether oxygens (including phenoxy) is 1. The Hall–Kier alpha value is -2.02. The van der Waals surface area contributed by atoms with E-state index < -0.39 is 0 Å². The van der Waals surface area contributed by atoms with Gasteiger partial charge in [0.1, 0.15) is 11.4 Å². The number of halogens is 3. The maximum atomic E-state index is 13.3. The van der Waals surface area contributed by atoms with Crippen molar-refractivity contribution in [1.82, 2.24) is 30.0 Å². The number of piperidine rings is 1. The predicted octanol–water partition coefficient (Wildman–Crippen LogP) is 5.96. The summed E-state index contributed by atoms with van der Waals surface area (Å²) in [5.41, 5.74) is 9.91. The van der Waals surface area contributed by atoms with Gasteiger partial charge in [0.2, 0.25) is 5.95 Å². The summed E-state index contributed by atoms with van der Waals surface area (Å²) in [6, 6.07) is 0.769. The molecule has 0 bridgehead atoms. The third-order valence-electron chi connectivity index (χ3n) is 8.47. The zero-order chi connectivity index (χ0) is 27.0. The lowest BCUT2D eigenvalue weighted by Crippen LogP contribution is -2.43. The van der Waals surface area contributed by atoms with Crippen molar-refractivity contribution in [2.24, 2.45) is 0 Å². The molecular weight excluding hydrogens is 619 g/mol. The molecule has 4 N–H and O–H groups in total. The lowest BCUT2D eigenvalue weighted by molar-refractivity contribution is -0.0134. The van der Waals surface area contributed by atoms with Crippen LogP contribution in [0, 0.1) is 0 Å². The monoisotopic (exact) mass is 658 g/mol. The minimum atomic E-state index is -0.324. The summed E-state index contributed by atoms with van der Waals surface area (Å²) >= 11 is 1.41. The normalized spacial score (nSPS) is 18.8. The van der Waals surface area contributed by atoms with Crippen molar-refractivity contribution in [3.05, 3.63) is 34.1 Å². The van der Waals surface area contributed by atoms with Crippen LogP contribution in [0.15, 0.2) is 11.6 Å². The molecule has 2 fully saturated rings. The van der Waals surface area contributed by atoms with Gasteiger partial charge < -0.3 is 15.4 Å². The van der Waals surface area contributed by atoms with Gasteiger partial charge in [-0.05, 0) is 43.1 Å². The summed E-state index contributed by atoms with van der Waals surface area (Å²) in [5.74, 6) is -0.0777. The first-order chi connectivity index (χ1) is 18.9. The molecule has 1 aliphatic heterocycles. The number of carbonyl (C=O) groups excluding carboxylic acids is 1. The van der Waals surface area contributed by atoms with Crippen molar-refractivity contribution < 1.29 is 9.53 Å². The van der Waals surface area contributed by atoms with Gasteiger partial charge in [-0.3, -0.25) is 15.2 Å². The van der Waals surface area contributed by atoms with E-state index in [1.165, 1.54) is 49.9 Å². The van der Waals surface area contributed by atoms with Gasteiger partial charge in [0, 0.05) is 36.3 Å². The van der Waals surface area contributed by atoms with E-state index in [0.29, 0.717) is 35.2 Å². The maximum Gasteiger partial charge on any atom is 0.275 e. The van der Waals surface area contributed by atoms with Crippen LogP contribution in [0.1, 0.15) is 92.5 Å². The summed E-state index contributed by atoms with van der Waals surface area (Å²) in [6.07, 6.45) is 13.1. The van der Waals surface area contributed by atoms with E-state index in [0.717, 1.165) is 48.8 Å². The van der Waals surface area contributed by atoms with Gasteiger partial charge in [0.05, 0.1) is 24.1 Å². The van der Waals surface area contributed by atoms with Crippen LogP contribution in [-0.2, 0) is 23.2 Å². The Labute approximate surface area is 269 Å². The molecule has 4 heterocycles. The summed E-state index contributed by atoms with van der Waals surface area (Å²) < 4.78 is 6.23. The molecule has 3 aromatic rings. The van der Waals surface area contributed by atoms with Gasteiger partial charge in [-0.2, -0.15) is 5.10 Å². The number of nitrogens with one attached hydrogen (secondary N) is 2.